The predicted molar refractivity (Wildman–Crippen MR) is 65.5 cm³/mol. The molecule has 2 N–H and O–H groups in total. The fourth-order valence-electron chi connectivity index (χ4n) is 1.40. The van der Waals surface area contributed by atoms with Crippen LogP contribution in [0, 0.1) is 0 Å². The lowest BCUT2D eigenvalue weighted by molar-refractivity contribution is 0.0793. The van der Waals surface area contributed by atoms with Crippen molar-refractivity contribution in [2.75, 3.05) is 34.3 Å². The van der Waals surface area contributed by atoms with Gasteiger partial charge in [-0.15, -0.1) is 0 Å². The SMILES string of the molecule is CNCCN(C)C(=O)c1cc(OC)ccc1O. The van der Waals surface area contributed by atoms with Gasteiger partial charge in [0.15, 0.2) is 0 Å². The van der Waals surface area contributed by atoms with E-state index in [4.69, 9.17) is 4.74 Å². The summed E-state index contributed by atoms with van der Waals surface area (Å²) in [6, 6.07) is 4.60. The second-order valence-corrected chi connectivity index (χ2v) is 3.71. The van der Waals surface area contributed by atoms with Crippen LogP contribution in [0.5, 0.6) is 11.5 Å². The number of nitrogens with zero attached hydrogens (tertiary/aromatic N) is 1. The van der Waals surface area contributed by atoms with Gasteiger partial charge in [0, 0.05) is 20.1 Å². The zero-order valence-electron chi connectivity index (χ0n) is 10.4. The molecule has 0 aliphatic rings. The lowest BCUT2D eigenvalue weighted by atomic mass is 10.1. The molecule has 17 heavy (non-hydrogen) atoms. The topological polar surface area (TPSA) is 61.8 Å². The van der Waals surface area contributed by atoms with Gasteiger partial charge in [-0.3, -0.25) is 4.79 Å². The highest BCUT2D eigenvalue weighted by Crippen LogP contribution is 2.23. The summed E-state index contributed by atoms with van der Waals surface area (Å²) in [7, 11) is 5.03. The molecular weight excluding hydrogens is 220 g/mol. The molecule has 0 radical (unpaired) electrons. The number of hydrogen-bond acceptors (Lipinski definition) is 4. The first-order valence-electron chi connectivity index (χ1n) is 5.37. The third-order valence-electron chi connectivity index (χ3n) is 2.48. The number of amides is 1. The average Bonchev–Trinajstić information content (AvgIpc) is 2.35. The lowest BCUT2D eigenvalue weighted by Gasteiger charge is -2.17. The van der Waals surface area contributed by atoms with Crippen LogP contribution in [0.3, 0.4) is 0 Å². The molecule has 0 aliphatic heterocycles. The van der Waals surface area contributed by atoms with Crippen molar-refractivity contribution in [2.45, 2.75) is 0 Å². The Labute approximate surface area is 101 Å². The van der Waals surface area contributed by atoms with E-state index in [0.717, 1.165) is 0 Å². The molecule has 0 saturated carbocycles. The first-order valence-corrected chi connectivity index (χ1v) is 5.37. The van der Waals surface area contributed by atoms with Crippen LogP contribution < -0.4 is 10.1 Å². The molecule has 94 valence electrons. The summed E-state index contributed by atoms with van der Waals surface area (Å²) in [6.45, 7) is 1.28. The number of phenolic OH excluding ortho intramolecular Hbond substituents is 1. The summed E-state index contributed by atoms with van der Waals surface area (Å²) in [4.78, 5) is 13.6. The Bertz CT molecular complexity index is 393. The normalized spacial score (nSPS) is 10.1. The molecule has 5 heteroatoms. The molecule has 1 amide bonds. The maximum absolute atomic E-state index is 12.0. The fourth-order valence-corrected chi connectivity index (χ4v) is 1.40. The highest BCUT2D eigenvalue weighted by molar-refractivity contribution is 5.97. The standard InChI is InChI=1S/C12H18N2O3/c1-13-6-7-14(2)12(16)10-8-9(17-3)4-5-11(10)15/h4-5,8,13,15H,6-7H2,1-3H3. The summed E-state index contributed by atoms with van der Waals surface area (Å²) in [6.07, 6.45) is 0. The second kappa shape index (κ2) is 6.10. The zero-order valence-corrected chi connectivity index (χ0v) is 10.4. The van der Waals surface area contributed by atoms with Gasteiger partial charge in [-0.2, -0.15) is 0 Å². The lowest BCUT2D eigenvalue weighted by Crippen LogP contribution is -2.32. The number of carbonyl (C=O) groups is 1. The van der Waals surface area contributed by atoms with Crippen molar-refractivity contribution in [3.05, 3.63) is 23.8 Å². The maximum atomic E-state index is 12.0. The molecule has 0 bridgehead atoms. The molecule has 0 atom stereocenters. The Morgan fingerprint density at radius 2 is 2.24 bits per heavy atom. The van der Waals surface area contributed by atoms with Crippen LogP contribution in [-0.4, -0.2) is 50.2 Å². The molecule has 1 aromatic rings. The number of phenols is 1. The predicted octanol–water partition coefficient (Wildman–Crippen LogP) is 0.692. The van der Waals surface area contributed by atoms with Crippen LogP contribution in [0.15, 0.2) is 18.2 Å². The number of likely N-dealkylation sites (N-methyl/N-ethyl adjacent to an activating group) is 2. The summed E-state index contributed by atoms with van der Waals surface area (Å²) < 4.78 is 5.03. The molecule has 0 aromatic heterocycles. The van der Waals surface area contributed by atoms with E-state index in [1.54, 1.807) is 18.0 Å². The molecule has 0 spiro atoms. The van der Waals surface area contributed by atoms with E-state index >= 15 is 0 Å². The third kappa shape index (κ3) is 3.35. The number of aromatic hydroxyl groups is 1. The van der Waals surface area contributed by atoms with E-state index in [0.29, 0.717) is 18.8 Å². The molecular formula is C12H18N2O3. The van der Waals surface area contributed by atoms with E-state index in [-0.39, 0.29) is 17.2 Å². The summed E-state index contributed by atoms with van der Waals surface area (Å²) >= 11 is 0. The van der Waals surface area contributed by atoms with E-state index in [9.17, 15) is 9.90 Å². The fraction of sp³-hybridized carbons (Fsp3) is 0.417. The Hall–Kier alpha value is -1.75. The van der Waals surface area contributed by atoms with E-state index in [1.807, 2.05) is 7.05 Å². The molecule has 1 aromatic carbocycles. The van der Waals surface area contributed by atoms with Crippen LogP contribution in [0.4, 0.5) is 0 Å². The monoisotopic (exact) mass is 238 g/mol. The van der Waals surface area contributed by atoms with Gasteiger partial charge in [0.1, 0.15) is 11.5 Å². The van der Waals surface area contributed by atoms with Gasteiger partial charge in [0.25, 0.3) is 5.91 Å². The zero-order chi connectivity index (χ0) is 12.8. The Balaban J connectivity index is 2.87. The summed E-state index contributed by atoms with van der Waals surface area (Å²) in [5.74, 6) is 0.289. The van der Waals surface area contributed by atoms with E-state index in [2.05, 4.69) is 5.32 Å². The number of methoxy groups -OCH3 is 1. The van der Waals surface area contributed by atoms with Crippen molar-refractivity contribution in [1.29, 1.82) is 0 Å². The van der Waals surface area contributed by atoms with Gasteiger partial charge < -0.3 is 20.1 Å². The molecule has 0 unspecified atom stereocenters. The number of hydrogen-bond donors (Lipinski definition) is 2. The first-order chi connectivity index (χ1) is 8.10. The van der Waals surface area contributed by atoms with Crippen molar-refractivity contribution in [3.63, 3.8) is 0 Å². The molecule has 0 saturated heterocycles. The maximum Gasteiger partial charge on any atom is 0.257 e. The third-order valence-corrected chi connectivity index (χ3v) is 2.48. The van der Waals surface area contributed by atoms with Crippen molar-refractivity contribution >= 4 is 5.91 Å². The quantitative estimate of drug-likeness (QED) is 0.792. The molecule has 0 fully saturated rings. The average molecular weight is 238 g/mol. The number of rotatable bonds is 5. The van der Waals surface area contributed by atoms with Crippen LogP contribution in [0.2, 0.25) is 0 Å². The highest BCUT2D eigenvalue weighted by atomic mass is 16.5. The summed E-state index contributed by atoms with van der Waals surface area (Å²) in [5, 5.41) is 12.6. The van der Waals surface area contributed by atoms with Gasteiger partial charge in [0.2, 0.25) is 0 Å². The van der Waals surface area contributed by atoms with Crippen LogP contribution in [0.1, 0.15) is 10.4 Å². The number of carbonyl (C=O) groups excluding carboxylic acids is 1. The molecule has 5 nitrogen and oxygen atoms in total. The van der Waals surface area contributed by atoms with Gasteiger partial charge in [0.05, 0.1) is 12.7 Å². The largest absolute Gasteiger partial charge is 0.507 e. The summed E-state index contributed by atoms with van der Waals surface area (Å²) in [5.41, 5.74) is 0.253. The number of ether oxygens (including phenoxy) is 1. The smallest absolute Gasteiger partial charge is 0.257 e. The Morgan fingerprint density at radius 3 is 2.82 bits per heavy atom. The molecule has 1 rings (SSSR count). The second-order valence-electron chi connectivity index (χ2n) is 3.71. The van der Waals surface area contributed by atoms with Gasteiger partial charge in [-0.1, -0.05) is 0 Å². The minimum Gasteiger partial charge on any atom is -0.507 e. The van der Waals surface area contributed by atoms with E-state index in [1.165, 1.54) is 19.2 Å². The van der Waals surface area contributed by atoms with E-state index < -0.39 is 0 Å². The molecule has 0 heterocycles. The van der Waals surface area contributed by atoms with Gasteiger partial charge >= 0.3 is 0 Å². The van der Waals surface area contributed by atoms with Gasteiger partial charge in [-0.25, -0.2) is 0 Å². The minimum atomic E-state index is -0.225. The van der Waals surface area contributed by atoms with Crippen molar-refractivity contribution < 1.29 is 14.6 Å². The van der Waals surface area contributed by atoms with Crippen LogP contribution >= 0.6 is 0 Å². The highest BCUT2D eigenvalue weighted by Gasteiger charge is 2.16. The molecule has 0 aliphatic carbocycles. The van der Waals surface area contributed by atoms with Crippen molar-refractivity contribution in [1.82, 2.24) is 10.2 Å². The first kappa shape index (κ1) is 13.3. The Morgan fingerprint density at radius 1 is 1.53 bits per heavy atom. The van der Waals surface area contributed by atoms with Crippen molar-refractivity contribution in [3.8, 4) is 11.5 Å². The van der Waals surface area contributed by atoms with Crippen LogP contribution in [0.25, 0.3) is 0 Å². The number of benzene rings is 1. The van der Waals surface area contributed by atoms with Gasteiger partial charge in [-0.05, 0) is 25.2 Å². The van der Waals surface area contributed by atoms with Crippen LogP contribution in [-0.2, 0) is 0 Å². The van der Waals surface area contributed by atoms with Crippen molar-refractivity contribution in [2.24, 2.45) is 0 Å². The number of nitrogens with one attached hydrogen (secondary N) is 1. The Kier molecular flexibility index (Phi) is 4.78. The minimum absolute atomic E-state index is 0.0351.